The van der Waals surface area contributed by atoms with Crippen LogP contribution in [0.4, 0.5) is 10.1 Å². The van der Waals surface area contributed by atoms with Gasteiger partial charge < -0.3 is 0 Å². The molecule has 0 radical (unpaired) electrons. The first-order valence-corrected chi connectivity index (χ1v) is 8.26. The third-order valence-corrected chi connectivity index (χ3v) is 4.51. The first kappa shape index (κ1) is 14.9. The van der Waals surface area contributed by atoms with Crippen molar-refractivity contribution < 1.29 is 12.8 Å². The first-order valence-electron chi connectivity index (χ1n) is 5.82. The number of hydrogen-bond donors (Lipinski definition) is 1. The number of aryl methyl sites for hydroxylation is 1. The van der Waals surface area contributed by atoms with Gasteiger partial charge in [-0.1, -0.05) is 6.07 Å². The third kappa shape index (κ3) is 4.28. The molecule has 0 aliphatic carbocycles. The quantitative estimate of drug-likeness (QED) is 0.893. The maximum Gasteiger partial charge on any atom is 0.233 e. The molecule has 4 nitrogen and oxygen atoms in total. The number of hydrogen-bond acceptors (Lipinski definition) is 3. The van der Waals surface area contributed by atoms with E-state index in [1.807, 2.05) is 0 Å². The lowest BCUT2D eigenvalue weighted by atomic mass is 10.3. The largest absolute Gasteiger partial charge is 0.282 e. The number of benzene rings is 1. The van der Waals surface area contributed by atoms with Crippen molar-refractivity contribution in [3.05, 3.63) is 58.6 Å². The highest BCUT2D eigenvalue weighted by Crippen LogP contribution is 2.24. The molecule has 0 saturated carbocycles. The Morgan fingerprint density at radius 3 is 2.75 bits per heavy atom. The number of aromatic nitrogens is 1. The van der Waals surface area contributed by atoms with Gasteiger partial charge in [0.05, 0.1) is 11.4 Å². The molecule has 2 aromatic rings. The molecule has 0 amide bonds. The average molecular weight is 359 g/mol. The topological polar surface area (TPSA) is 59.1 Å². The van der Waals surface area contributed by atoms with E-state index in [-0.39, 0.29) is 11.4 Å². The second-order valence-corrected chi connectivity index (χ2v) is 6.81. The second-order valence-electron chi connectivity index (χ2n) is 4.12. The molecular formula is C13H12BrFN2O2S. The molecule has 106 valence electrons. The van der Waals surface area contributed by atoms with Crippen LogP contribution in [0.5, 0.6) is 0 Å². The van der Waals surface area contributed by atoms with Crippen molar-refractivity contribution in [2.24, 2.45) is 0 Å². The van der Waals surface area contributed by atoms with Crippen molar-refractivity contribution in [3.63, 3.8) is 0 Å². The Balaban J connectivity index is 2.06. The van der Waals surface area contributed by atoms with Crippen molar-refractivity contribution >= 4 is 31.6 Å². The fourth-order valence-corrected chi connectivity index (χ4v) is 3.14. The van der Waals surface area contributed by atoms with Crippen LogP contribution < -0.4 is 4.72 Å². The van der Waals surface area contributed by atoms with Gasteiger partial charge >= 0.3 is 0 Å². The average Bonchev–Trinajstić information content (AvgIpc) is 2.42. The normalized spacial score (nSPS) is 11.3. The third-order valence-electron chi connectivity index (χ3n) is 2.55. The minimum absolute atomic E-state index is 0.118. The van der Waals surface area contributed by atoms with Crippen molar-refractivity contribution in [1.82, 2.24) is 4.98 Å². The van der Waals surface area contributed by atoms with Gasteiger partial charge in [0.2, 0.25) is 10.0 Å². The van der Waals surface area contributed by atoms with E-state index in [9.17, 15) is 12.8 Å². The van der Waals surface area contributed by atoms with Crippen LogP contribution in [-0.4, -0.2) is 19.2 Å². The molecule has 1 aromatic heterocycles. The van der Waals surface area contributed by atoms with Crippen LogP contribution in [-0.2, 0) is 16.4 Å². The van der Waals surface area contributed by atoms with Crippen molar-refractivity contribution in [2.45, 2.75) is 6.42 Å². The summed E-state index contributed by atoms with van der Waals surface area (Å²) < 4.78 is 39.9. The molecule has 7 heteroatoms. The van der Waals surface area contributed by atoms with E-state index in [1.165, 1.54) is 12.1 Å². The van der Waals surface area contributed by atoms with Gasteiger partial charge in [-0.25, -0.2) is 12.8 Å². The molecular weight excluding hydrogens is 347 g/mol. The monoisotopic (exact) mass is 358 g/mol. The van der Waals surface area contributed by atoms with Crippen molar-refractivity contribution in [3.8, 4) is 0 Å². The summed E-state index contributed by atoms with van der Waals surface area (Å²) in [5.41, 5.74) is 0.877. The molecule has 1 N–H and O–H groups in total. The Labute approximate surface area is 125 Å². The SMILES string of the molecule is O=S(=O)(CCc1ccccn1)Nc1cc(F)ccc1Br. The number of anilines is 1. The number of nitrogens with one attached hydrogen (secondary N) is 1. The number of sulfonamides is 1. The van der Waals surface area contributed by atoms with Crippen LogP contribution in [0.3, 0.4) is 0 Å². The Bertz CT molecular complexity index is 693. The Morgan fingerprint density at radius 2 is 2.05 bits per heavy atom. The number of halogens is 2. The van der Waals surface area contributed by atoms with Crippen LogP contribution in [0.1, 0.15) is 5.69 Å². The fraction of sp³-hybridized carbons (Fsp3) is 0.154. The number of pyridine rings is 1. The van der Waals surface area contributed by atoms with E-state index in [1.54, 1.807) is 24.4 Å². The first-order chi connectivity index (χ1) is 9.46. The Hall–Kier alpha value is -1.47. The standard InChI is InChI=1S/C13H12BrFN2O2S/c14-12-5-4-10(15)9-13(12)17-20(18,19)8-6-11-3-1-2-7-16-11/h1-5,7,9,17H,6,8H2. The van der Waals surface area contributed by atoms with Gasteiger partial charge in [-0.05, 0) is 46.3 Å². The van der Waals surface area contributed by atoms with E-state index in [0.717, 1.165) is 6.07 Å². The summed E-state index contributed by atoms with van der Waals surface area (Å²) in [6, 6.07) is 9.14. The molecule has 0 aliphatic rings. The van der Waals surface area contributed by atoms with Gasteiger partial charge in [-0.3, -0.25) is 9.71 Å². The van der Waals surface area contributed by atoms with E-state index in [0.29, 0.717) is 16.6 Å². The lowest BCUT2D eigenvalue weighted by Crippen LogP contribution is -2.18. The summed E-state index contributed by atoms with van der Waals surface area (Å²) in [4.78, 5) is 4.06. The summed E-state index contributed by atoms with van der Waals surface area (Å²) in [6.45, 7) is 0. The Kier molecular flexibility index (Phi) is 4.72. The Morgan fingerprint density at radius 1 is 1.25 bits per heavy atom. The molecule has 2 rings (SSSR count). The molecule has 0 saturated heterocycles. The predicted molar refractivity (Wildman–Crippen MR) is 79.5 cm³/mol. The van der Waals surface area contributed by atoms with Crippen molar-refractivity contribution in [1.29, 1.82) is 0 Å². The summed E-state index contributed by atoms with van der Waals surface area (Å²) in [5.74, 6) is -0.622. The van der Waals surface area contributed by atoms with Gasteiger partial charge in [0.15, 0.2) is 0 Å². The smallest absolute Gasteiger partial charge is 0.233 e. The maximum atomic E-state index is 13.1. The van der Waals surface area contributed by atoms with Gasteiger partial charge in [0.25, 0.3) is 0 Å². The highest BCUT2D eigenvalue weighted by atomic mass is 79.9. The summed E-state index contributed by atoms with van der Waals surface area (Å²) in [6.07, 6.45) is 1.90. The van der Waals surface area contributed by atoms with Crippen LogP contribution >= 0.6 is 15.9 Å². The molecule has 0 aliphatic heterocycles. The predicted octanol–water partition coefficient (Wildman–Crippen LogP) is 2.97. The molecule has 0 fully saturated rings. The zero-order valence-corrected chi connectivity index (χ0v) is 12.8. The lowest BCUT2D eigenvalue weighted by molar-refractivity contribution is 0.600. The molecule has 0 bridgehead atoms. The maximum absolute atomic E-state index is 13.1. The summed E-state index contributed by atoms with van der Waals surface area (Å²) >= 11 is 3.17. The second kappa shape index (κ2) is 6.32. The molecule has 0 atom stereocenters. The van der Waals surface area contributed by atoms with E-state index in [2.05, 4.69) is 25.6 Å². The summed E-state index contributed by atoms with van der Waals surface area (Å²) in [5, 5.41) is 0. The van der Waals surface area contributed by atoms with Crippen LogP contribution in [0, 0.1) is 5.82 Å². The van der Waals surface area contributed by atoms with Crippen LogP contribution in [0.15, 0.2) is 47.1 Å². The van der Waals surface area contributed by atoms with E-state index >= 15 is 0 Å². The van der Waals surface area contributed by atoms with Crippen molar-refractivity contribution in [2.75, 3.05) is 10.5 Å². The minimum atomic E-state index is -3.56. The van der Waals surface area contributed by atoms with Gasteiger partial charge in [-0.2, -0.15) is 0 Å². The summed E-state index contributed by atoms with van der Waals surface area (Å²) in [7, 11) is -3.56. The molecule has 20 heavy (non-hydrogen) atoms. The number of nitrogens with zero attached hydrogens (tertiary/aromatic N) is 1. The fourth-order valence-electron chi connectivity index (χ4n) is 1.58. The molecule has 0 unspecified atom stereocenters. The molecule has 1 aromatic carbocycles. The molecule has 1 heterocycles. The van der Waals surface area contributed by atoms with Gasteiger partial charge in [0.1, 0.15) is 5.82 Å². The van der Waals surface area contributed by atoms with E-state index < -0.39 is 15.8 Å². The van der Waals surface area contributed by atoms with Crippen LogP contribution in [0.25, 0.3) is 0 Å². The lowest BCUT2D eigenvalue weighted by Gasteiger charge is -2.09. The highest BCUT2D eigenvalue weighted by molar-refractivity contribution is 9.10. The number of rotatable bonds is 5. The van der Waals surface area contributed by atoms with Crippen LogP contribution in [0.2, 0.25) is 0 Å². The zero-order chi connectivity index (χ0) is 14.6. The van der Waals surface area contributed by atoms with Gasteiger partial charge in [0, 0.05) is 22.8 Å². The highest BCUT2D eigenvalue weighted by Gasteiger charge is 2.13. The molecule has 0 spiro atoms. The van der Waals surface area contributed by atoms with Gasteiger partial charge in [-0.15, -0.1) is 0 Å². The van der Waals surface area contributed by atoms with E-state index in [4.69, 9.17) is 0 Å². The minimum Gasteiger partial charge on any atom is -0.282 e. The zero-order valence-electron chi connectivity index (χ0n) is 10.4.